The molecule has 0 spiro atoms. The summed E-state index contributed by atoms with van der Waals surface area (Å²) < 4.78 is 40.1. The van der Waals surface area contributed by atoms with Crippen molar-refractivity contribution >= 4 is 33.0 Å². The number of rotatable bonds is 6. The summed E-state index contributed by atoms with van der Waals surface area (Å²) in [5.74, 6) is -1.29. The molecule has 25 heavy (non-hydrogen) atoms. The Bertz CT molecular complexity index is 865. The summed E-state index contributed by atoms with van der Waals surface area (Å²) in [5, 5.41) is 10.2. The largest absolute Gasteiger partial charge is 0.477 e. The van der Waals surface area contributed by atoms with Crippen molar-refractivity contribution in [1.29, 1.82) is 0 Å². The predicted octanol–water partition coefficient (Wildman–Crippen LogP) is 2.39. The molecule has 134 valence electrons. The van der Waals surface area contributed by atoms with E-state index in [1.165, 1.54) is 17.5 Å². The van der Waals surface area contributed by atoms with Gasteiger partial charge in [0.2, 0.25) is 10.0 Å². The molecule has 0 radical (unpaired) electrons. The fourth-order valence-corrected chi connectivity index (χ4v) is 5.00. The summed E-state index contributed by atoms with van der Waals surface area (Å²) in [5.41, 5.74) is 0.913. The Morgan fingerprint density at radius 1 is 1.36 bits per heavy atom. The smallest absolute Gasteiger partial charge is 0.345 e. The van der Waals surface area contributed by atoms with Crippen LogP contribution in [0.25, 0.3) is 0 Å². The summed E-state index contributed by atoms with van der Waals surface area (Å²) in [4.78, 5) is 12.9. The average Bonchev–Trinajstić information content (AvgIpc) is 3.24. The van der Waals surface area contributed by atoms with Crippen LogP contribution in [0.5, 0.6) is 0 Å². The molecular formula is C16H17FN2O4S2. The standard InChI is InChI=1S/C16H17FN2O4S2/c17-12-1-3-13(4-2-12)19-6-5-11(9-19)8-18-25(22,23)14-7-15(16(20)21)24-10-14/h1-4,7,10-11,18H,5-6,8-9H2,(H,20,21). The molecular weight excluding hydrogens is 367 g/mol. The van der Waals surface area contributed by atoms with Gasteiger partial charge in [0.05, 0.1) is 4.90 Å². The highest BCUT2D eigenvalue weighted by atomic mass is 32.2. The van der Waals surface area contributed by atoms with Gasteiger partial charge < -0.3 is 10.0 Å². The Balaban J connectivity index is 1.58. The zero-order valence-electron chi connectivity index (χ0n) is 13.2. The van der Waals surface area contributed by atoms with Gasteiger partial charge in [0.15, 0.2) is 0 Å². The maximum absolute atomic E-state index is 13.0. The van der Waals surface area contributed by atoms with E-state index < -0.39 is 16.0 Å². The first-order chi connectivity index (χ1) is 11.8. The van der Waals surface area contributed by atoms with Gasteiger partial charge in [0.1, 0.15) is 10.7 Å². The summed E-state index contributed by atoms with van der Waals surface area (Å²) in [6.45, 7) is 1.73. The number of hydrogen-bond acceptors (Lipinski definition) is 5. The van der Waals surface area contributed by atoms with Crippen molar-refractivity contribution in [3.05, 3.63) is 46.4 Å². The van der Waals surface area contributed by atoms with Crippen molar-refractivity contribution in [2.24, 2.45) is 5.92 Å². The minimum absolute atomic E-state index is 0.0104. The third kappa shape index (κ3) is 4.17. The van der Waals surface area contributed by atoms with Gasteiger partial charge in [-0.1, -0.05) is 0 Å². The van der Waals surface area contributed by atoms with Crippen molar-refractivity contribution in [1.82, 2.24) is 4.72 Å². The van der Waals surface area contributed by atoms with Crippen LogP contribution in [0, 0.1) is 11.7 Å². The summed E-state index contributed by atoms with van der Waals surface area (Å²) in [7, 11) is -3.72. The molecule has 1 fully saturated rings. The van der Waals surface area contributed by atoms with Crippen LogP contribution in [-0.2, 0) is 10.0 Å². The molecule has 0 amide bonds. The van der Waals surface area contributed by atoms with E-state index in [-0.39, 0.29) is 28.1 Å². The third-order valence-corrected chi connectivity index (χ3v) is 6.61. The third-order valence-electron chi connectivity index (χ3n) is 4.14. The zero-order valence-corrected chi connectivity index (χ0v) is 14.8. The number of benzene rings is 1. The van der Waals surface area contributed by atoms with Crippen LogP contribution in [0.15, 0.2) is 40.6 Å². The number of sulfonamides is 1. The molecule has 3 rings (SSSR count). The fourth-order valence-electron chi connectivity index (χ4n) is 2.77. The van der Waals surface area contributed by atoms with Gasteiger partial charge in [-0.2, -0.15) is 0 Å². The van der Waals surface area contributed by atoms with Gasteiger partial charge in [0, 0.05) is 30.7 Å². The summed E-state index contributed by atoms with van der Waals surface area (Å²) in [6.07, 6.45) is 0.823. The average molecular weight is 384 g/mol. The monoisotopic (exact) mass is 384 g/mol. The lowest BCUT2D eigenvalue weighted by atomic mass is 10.1. The molecule has 0 bridgehead atoms. The van der Waals surface area contributed by atoms with Gasteiger partial charge in [0.25, 0.3) is 0 Å². The Morgan fingerprint density at radius 2 is 2.08 bits per heavy atom. The zero-order chi connectivity index (χ0) is 18.0. The number of nitrogens with zero attached hydrogens (tertiary/aromatic N) is 1. The minimum atomic E-state index is -3.72. The Hall–Kier alpha value is -1.97. The molecule has 2 aromatic rings. The molecule has 2 heterocycles. The van der Waals surface area contributed by atoms with E-state index in [2.05, 4.69) is 9.62 Å². The first-order valence-electron chi connectivity index (χ1n) is 7.67. The van der Waals surface area contributed by atoms with Gasteiger partial charge in [-0.3, -0.25) is 0 Å². The number of carbonyl (C=O) groups is 1. The highest BCUT2D eigenvalue weighted by molar-refractivity contribution is 7.89. The summed E-state index contributed by atoms with van der Waals surface area (Å²) >= 11 is 0.884. The van der Waals surface area contributed by atoms with Crippen molar-refractivity contribution < 1.29 is 22.7 Å². The van der Waals surface area contributed by atoms with E-state index in [0.717, 1.165) is 36.1 Å². The van der Waals surface area contributed by atoms with E-state index in [0.29, 0.717) is 6.54 Å². The molecule has 1 atom stereocenters. The van der Waals surface area contributed by atoms with Crippen molar-refractivity contribution in [2.75, 3.05) is 24.5 Å². The van der Waals surface area contributed by atoms with Crippen LogP contribution < -0.4 is 9.62 Å². The van der Waals surface area contributed by atoms with E-state index in [1.54, 1.807) is 12.1 Å². The van der Waals surface area contributed by atoms with Crippen molar-refractivity contribution in [3.63, 3.8) is 0 Å². The summed E-state index contributed by atoms with van der Waals surface area (Å²) in [6, 6.07) is 7.39. The van der Waals surface area contributed by atoms with Gasteiger partial charge in [-0.25, -0.2) is 22.3 Å². The number of aromatic carboxylic acids is 1. The lowest BCUT2D eigenvalue weighted by Gasteiger charge is -2.18. The quantitative estimate of drug-likeness (QED) is 0.799. The Morgan fingerprint density at radius 3 is 2.72 bits per heavy atom. The number of halogens is 1. The topological polar surface area (TPSA) is 86.7 Å². The van der Waals surface area contributed by atoms with E-state index >= 15 is 0 Å². The lowest BCUT2D eigenvalue weighted by Crippen LogP contribution is -2.30. The van der Waals surface area contributed by atoms with Gasteiger partial charge in [-0.15, -0.1) is 11.3 Å². The SMILES string of the molecule is O=C(O)c1cc(S(=O)(=O)NCC2CCN(c3ccc(F)cc3)C2)cs1. The Kier molecular flexibility index (Phi) is 5.07. The van der Waals surface area contributed by atoms with Crippen LogP contribution >= 0.6 is 11.3 Å². The molecule has 0 saturated carbocycles. The number of carboxylic acid groups (broad SMARTS) is 1. The molecule has 2 N–H and O–H groups in total. The van der Waals surface area contributed by atoms with Crippen LogP contribution in [0.2, 0.25) is 0 Å². The van der Waals surface area contributed by atoms with E-state index in [9.17, 15) is 17.6 Å². The van der Waals surface area contributed by atoms with Gasteiger partial charge >= 0.3 is 5.97 Å². The maximum Gasteiger partial charge on any atom is 0.345 e. The van der Waals surface area contributed by atoms with Crippen molar-refractivity contribution in [3.8, 4) is 0 Å². The molecule has 9 heteroatoms. The van der Waals surface area contributed by atoms with Crippen LogP contribution in [0.3, 0.4) is 0 Å². The number of nitrogens with one attached hydrogen (secondary N) is 1. The second kappa shape index (κ2) is 7.11. The molecule has 1 unspecified atom stereocenters. The fraction of sp³-hybridized carbons (Fsp3) is 0.312. The van der Waals surface area contributed by atoms with Crippen molar-refractivity contribution in [2.45, 2.75) is 11.3 Å². The second-order valence-electron chi connectivity index (χ2n) is 5.88. The number of anilines is 1. The second-order valence-corrected chi connectivity index (χ2v) is 8.56. The molecule has 1 aliphatic rings. The van der Waals surface area contributed by atoms with E-state index in [1.807, 2.05) is 0 Å². The molecule has 1 aromatic heterocycles. The first-order valence-corrected chi connectivity index (χ1v) is 10.0. The normalized spacial score (nSPS) is 17.8. The minimum Gasteiger partial charge on any atom is -0.477 e. The van der Waals surface area contributed by atoms with Crippen LogP contribution in [0.1, 0.15) is 16.1 Å². The highest BCUT2D eigenvalue weighted by Crippen LogP contribution is 2.24. The molecule has 1 saturated heterocycles. The molecule has 6 nitrogen and oxygen atoms in total. The maximum atomic E-state index is 13.0. The molecule has 0 aliphatic carbocycles. The molecule has 1 aliphatic heterocycles. The van der Waals surface area contributed by atoms with Crippen LogP contribution in [-0.4, -0.2) is 39.1 Å². The van der Waals surface area contributed by atoms with Gasteiger partial charge in [-0.05, 0) is 42.7 Å². The highest BCUT2D eigenvalue weighted by Gasteiger charge is 2.25. The number of hydrogen-bond donors (Lipinski definition) is 2. The predicted molar refractivity (Wildman–Crippen MR) is 93.2 cm³/mol. The Labute approximate surface area is 149 Å². The lowest BCUT2D eigenvalue weighted by molar-refractivity contribution is 0.0702. The molecule has 1 aromatic carbocycles. The first kappa shape index (κ1) is 17.8. The van der Waals surface area contributed by atoms with E-state index in [4.69, 9.17) is 5.11 Å². The number of thiophene rings is 1. The number of carboxylic acids is 1. The van der Waals surface area contributed by atoms with Crippen LogP contribution in [0.4, 0.5) is 10.1 Å².